The molecule has 1 atom stereocenters. The molecule has 0 aromatic heterocycles. The maximum atomic E-state index is 5.66. The Balaban J connectivity index is 1.66. The van der Waals surface area contributed by atoms with Gasteiger partial charge in [-0.1, -0.05) is 30.3 Å². The second kappa shape index (κ2) is 6.19. The van der Waals surface area contributed by atoms with Crippen LogP contribution in [-0.2, 0) is 15.9 Å². The Bertz CT molecular complexity index is 275. The monoisotopic (exact) mass is 225 g/mol. The first-order valence-electron chi connectivity index (χ1n) is 5.19. The van der Waals surface area contributed by atoms with Crippen molar-refractivity contribution in [1.29, 1.82) is 0 Å². The fraction of sp³-hybridized carbons (Fsp3) is 0.455. The van der Waals surface area contributed by atoms with Gasteiger partial charge in [-0.05, 0) is 5.56 Å². The van der Waals surface area contributed by atoms with Crippen LogP contribution in [0.4, 0.5) is 0 Å². The molecule has 1 aliphatic rings. The fourth-order valence-corrected chi connectivity index (χ4v) is 2.21. The molecule has 3 nitrogen and oxygen atoms in total. The summed E-state index contributed by atoms with van der Waals surface area (Å²) in [7, 11) is 0.460. The minimum absolute atomic E-state index is 0.460. The third-order valence-electron chi connectivity index (χ3n) is 2.29. The molecule has 1 saturated heterocycles. The molecule has 1 heterocycles. The standard InChI is InChI=1S/C11H16NO2P/c1-2-4-11(5-3-1)10-14-15-12-6-8-13-9-7-12/h1-5,15H,6-10H2. The van der Waals surface area contributed by atoms with E-state index in [2.05, 4.69) is 16.8 Å². The van der Waals surface area contributed by atoms with Crippen molar-refractivity contribution in [3.05, 3.63) is 35.9 Å². The van der Waals surface area contributed by atoms with Crippen molar-refractivity contribution < 1.29 is 9.26 Å². The molecule has 1 unspecified atom stereocenters. The van der Waals surface area contributed by atoms with Crippen LogP contribution in [0, 0.1) is 0 Å². The van der Waals surface area contributed by atoms with Crippen molar-refractivity contribution in [3.8, 4) is 0 Å². The molecule has 0 spiro atoms. The van der Waals surface area contributed by atoms with Crippen LogP contribution in [0.2, 0.25) is 0 Å². The van der Waals surface area contributed by atoms with Crippen molar-refractivity contribution in [2.24, 2.45) is 0 Å². The van der Waals surface area contributed by atoms with Crippen LogP contribution in [-0.4, -0.2) is 31.0 Å². The molecule has 0 radical (unpaired) electrons. The first-order chi connectivity index (χ1) is 7.45. The van der Waals surface area contributed by atoms with Gasteiger partial charge in [-0.2, -0.15) is 0 Å². The lowest BCUT2D eigenvalue weighted by molar-refractivity contribution is 0.0713. The molecule has 0 N–H and O–H groups in total. The van der Waals surface area contributed by atoms with E-state index in [1.54, 1.807) is 0 Å². The van der Waals surface area contributed by atoms with Crippen molar-refractivity contribution in [3.63, 3.8) is 0 Å². The Morgan fingerprint density at radius 1 is 1.20 bits per heavy atom. The Morgan fingerprint density at radius 2 is 1.93 bits per heavy atom. The Hall–Kier alpha value is -0.470. The molecule has 15 heavy (non-hydrogen) atoms. The summed E-state index contributed by atoms with van der Waals surface area (Å²) in [5.74, 6) is 0. The SMILES string of the molecule is c1ccc(COPN2CCOCC2)cc1. The van der Waals surface area contributed by atoms with Gasteiger partial charge in [-0.15, -0.1) is 0 Å². The number of morpholine rings is 1. The maximum absolute atomic E-state index is 5.66. The molecule has 0 saturated carbocycles. The van der Waals surface area contributed by atoms with E-state index in [-0.39, 0.29) is 0 Å². The van der Waals surface area contributed by atoms with Gasteiger partial charge in [0.2, 0.25) is 0 Å². The van der Waals surface area contributed by atoms with Crippen LogP contribution in [0.1, 0.15) is 5.56 Å². The van der Waals surface area contributed by atoms with E-state index < -0.39 is 0 Å². The van der Waals surface area contributed by atoms with Crippen molar-refractivity contribution >= 4 is 8.96 Å². The largest absolute Gasteiger partial charge is 0.379 e. The van der Waals surface area contributed by atoms with Crippen LogP contribution in [0.5, 0.6) is 0 Å². The van der Waals surface area contributed by atoms with Gasteiger partial charge in [0, 0.05) is 13.1 Å². The quantitative estimate of drug-likeness (QED) is 0.732. The summed E-state index contributed by atoms with van der Waals surface area (Å²) in [5, 5.41) is 0. The number of benzene rings is 1. The van der Waals surface area contributed by atoms with Crippen molar-refractivity contribution in [1.82, 2.24) is 4.67 Å². The Morgan fingerprint density at radius 3 is 2.67 bits per heavy atom. The molecule has 1 fully saturated rings. The summed E-state index contributed by atoms with van der Waals surface area (Å²) in [6, 6.07) is 10.3. The van der Waals surface area contributed by atoms with Gasteiger partial charge in [0.15, 0.2) is 0 Å². The Labute approximate surface area is 92.3 Å². The summed E-state index contributed by atoms with van der Waals surface area (Å²) < 4.78 is 13.2. The minimum atomic E-state index is 0.460. The molecule has 1 aliphatic heterocycles. The zero-order valence-corrected chi connectivity index (χ0v) is 9.69. The second-order valence-electron chi connectivity index (χ2n) is 3.46. The zero-order chi connectivity index (χ0) is 10.3. The number of hydrogen-bond acceptors (Lipinski definition) is 3. The summed E-state index contributed by atoms with van der Waals surface area (Å²) in [6.45, 7) is 4.36. The molecule has 0 amide bonds. The predicted octanol–water partition coefficient (Wildman–Crippen LogP) is 2.04. The van der Waals surface area contributed by atoms with E-state index in [1.165, 1.54) is 5.56 Å². The van der Waals surface area contributed by atoms with Crippen LogP contribution in [0.3, 0.4) is 0 Å². The maximum Gasteiger partial charge on any atom is 0.0895 e. The average Bonchev–Trinajstić information content (AvgIpc) is 2.32. The van der Waals surface area contributed by atoms with Crippen molar-refractivity contribution in [2.45, 2.75) is 6.61 Å². The van der Waals surface area contributed by atoms with E-state index in [1.807, 2.05) is 18.2 Å². The third kappa shape index (κ3) is 3.88. The molecule has 1 aromatic rings. The van der Waals surface area contributed by atoms with Crippen LogP contribution < -0.4 is 0 Å². The molecule has 2 rings (SSSR count). The van der Waals surface area contributed by atoms with Crippen LogP contribution in [0.25, 0.3) is 0 Å². The Kier molecular flexibility index (Phi) is 4.55. The lowest BCUT2D eigenvalue weighted by Crippen LogP contribution is -2.30. The molecule has 1 aromatic carbocycles. The molecule has 0 bridgehead atoms. The van der Waals surface area contributed by atoms with Crippen LogP contribution in [0.15, 0.2) is 30.3 Å². The normalized spacial score (nSPS) is 18.7. The van der Waals surface area contributed by atoms with Gasteiger partial charge in [-0.3, -0.25) is 4.67 Å². The smallest absolute Gasteiger partial charge is 0.0895 e. The third-order valence-corrected chi connectivity index (χ3v) is 3.27. The highest BCUT2D eigenvalue weighted by molar-refractivity contribution is 7.29. The molecular formula is C11H16NO2P. The summed E-state index contributed by atoms with van der Waals surface area (Å²) >= 11 is 0. The molecule has 0 aliphatic carbocycles. The lowest BCUT2D eigenvalue weighted by atomic mass is 10.2. The zero-order valence-electron chi connectivity index (χ0n) is 8.69. The highest BCUT2D eigenvalue weighted by Gasteiger charge is 2.09. The highest BCUT2D eigenvalue weighted by Crippen LogP contribution is 2.22. The van der Waals surface area contributed by atoms with E-state index in [4.69, 9.17) is 9.26 Å². The van der Waals surface area contributed by atoms with Gasteiger partial charge >= 0.3 is 0 Å². The summed E-state index contributed by atoms with van der Waals surface area (Å²) in [6.07, 6.45) is 0. The van der Waals surface area contributed by atoms with Gasteiger partial charge in [0.25, 0.3) is 0 Å². The van der Waals surface area contributed by atoms with E-state index in [0.29, 0.717) is 15.6 Å². The van der Waals surface area contributed by atoms with E-state index >= 15 is 0 Å². The first kappa shape index (κ1) is 11.0. The topological polar surface area (TPSA) is 21.7 Å². The van der Waals surface area contributed by atoms with Crippen LogP contribution >= 0.6 is 8.96 Å². The van der Waals surface area contributed by atoms with Gasteiger partial charge in [0.05, 0.1) is 28.8 Å². The van der Waals surface area contributed by atoms with Crippen molar-refractivity contribution in [2.75, 3.05) is 26.3 Å². The predicted molar refractivity (Wildman–Crippen MR) is 61.9 cm³/mol. The first-order valence-corrected chi connectivity index (χ1v) is 6.05. The average molecular weight is 225 g/mol. The molecular weight excluding hydrogens is 209 g/mol. The number of hydrogen-bond donors (Lipinski definition) is 0. The summed E-state index contributed by atoms with van der Waals surface area (Å²) in [5.41, 5.74) is 1.23. The highest BCUT2D eigenvalue weighted by atomic mass is 31.1. The fourth-order valence-electron chi connectivity index (χ4n) is 1.44. The second-order valence-corrected chi connectivity index (χ2v) is 4.57. The van der Waals surface area contributed by atoms with Gasteiger partial charge in [0.1, 0.15) is 0 Å². The minimum Gasteiger partial charge on any atom is -0.379 e. The van der Waals surface area contributed by atoms with E-state index in [9.17, 15) is 0 Å². The lowest BCUT2D eigenvalue weighted by Gasteiger charge is -2.25. The number of rotatable bonds is 4. The van der Waals surface area contributed by atoms with E-state index in [0.717, 1.165) is 26.3 Å². The van der Waals surface area contributed by atoms with Gasteiger partial charge < -0.3 is 9.26 Å². The van der Waals surface area contributed by atoms with Gasteiger partial charge in [-0.25, -0.2) is 0 Å². The number of ether oxygens (including phenoxy) is 1. The molecule has 4 heteroatoms. The molecule has 82 valence electrons. The summed E-state index contributed by atoms with van der Waals surface area (Å²) in [4.78, 5) is 0. The number of nitrogens with zero attached hydrogens (tertiary/aromatic N) is 1.